The molecule has 0 unspecified atom stereocenters. The van der Waals surface area contributed by atoms with Gasteiger partial charge >= 0.3 is 12.1 Å². The number of amides is 4. The lowest BCUT2D eigenvalue weighted by atomic mass is 9.87. The quantitative estimate of drug-likeness (QED) is 0.360. The van der Waals surface area contributed by atoms with E-state index in [0.29, 0.717) is 5.92 Å². The molecule has 0 aromatic carbocycles. The molecule has 29 heavy (non-hydrogen) atoms. The maximum atomic E-state index is 12.8. The molecule has 0 saturated heterocycles. The summed E-state index contributed by atoms with van der Waals surface area (Å²) >= 11 is 0. The first-order valence-electron chi connectivity index (χ1n) is 11.9. The molecular formula is C23H38N4O2. The van der Waals surface area contributed by atoms with Crippen molar-refractivity contribution < 1.29 is 9.59 Å². The van der Waals surface area contributed by atoms with Gasteiger partial charge in [-0.05, 0) is 44.4 Å². The summed E-state index contributed by atoms with van der Waals surface area (Å²) in [6.07, 6.45) is 18.2. The van der Waals surface area contributed by atoms with Gasteiger partial charge in [0, 0.05) is 24.5 Å². The second kappa shape index (κ2) is 11.9. The molecule has 0 aliphatic heterocycles. The third kappa shape index (κ3) is 7.79. The monoisotopic (exact) mass is 402 g/mol. The Morgan fingerprint density at radius 3 is 1.83 bits per heavy atom. The number of hydrogen-bond acceptors (Lipinski definition) is 2. The lowest BCUT2D eigenvalue weighted by Crippen LogP contribution is -2.54. The molecule has 0 aromatic rings. The summed E-state index contributed by atoms with van der Waals surface area (Å²) in [5.74, 6) is 3.78. The number of hydrogen-bond donors (Lipinski definition) is 3. The molecule has 162 valence electrons. The molecule has 4 amide bonds. The van der Waals surface area contributed by atoms with Crippen molar-refractivity contribution in [3.63, 3.8) is 0 Å². The normalized spacial score (nSPS) is 21.5. The van der Waals surface area contributed by atoms with Crippen molar-refractivity contribution in [3.8, 4) is 12.0 Å². The number of carbonyl (C=O) groups excluding carboxylic acids is 2. The van der Waals surface area contributed by atoms with Gasteiger partial charge in [0.25, 0.3) is 0 Å². The van der Waals surface area contributed by atoms with E-state index in [0.717, 1.165) is 57.8 Å². The maximum absolute atomic E-state index is 12.8. The molecule has 3 saturated carbocycles. The molecular weight excluding hydrogens is 364 g/mol. The Kier molecular flexibility index (Phi) is 8.98. The predicted molar refractivity (Wildman–Crippen MR) is 115 cm³/mol. The summed E-state index contributed by atoms with van der Waals surface area (Å²) in [6.45, 7) is 0. The molecule has 0 bridgehead atoms. The van der Waals surface area contributed by atoms with Crippen LogP contribution in [0.2, 0.25) is 0 Å². The molecule has 0 heterocycles. The highest BCUT2D eigenvalue weighted by Gasteiger charge is 2.22. The Bertz CT molecular complexity index is 579. The van der Waals surface area contributed by atoms with Crippen LogP contribution in [-0.4, -0.2) is 29.2 Å². The standard InChI is InChI=1S/C23H38N4O2/c28-22(24-20-14-6-2-7-15-20)26-27(18-10-13-19-11-4-1-5-12-19)23(29)25-21-16-8-3-9-17-21/h19-21H,1-9,11-17H2,(H,25,29)(H2,24,26,28). The minimum absolute atomic E-state index is 0.183. The van der Waals surface area contributed by atoms with Crippen LogP contribution in [0.5, 0.6) is 0 Å². The third-order valence-electron chi connectivity index (χ3n) is 6.60. The Hall–Kier alpha value is -1.90. The average molecular weight is 403 g/mol. The highest BCUT2D eigenvalue weighted by molar-refractivity contribution is 5.81. The van der Waals surface area contributed by atoms with E-state index in [1.807, 2.05) is 0 Å². The second-order valence-electron chi connectivity index (χ2n) is 9.04. The zero-order valence-electron chi connectivity index (χ0n) is 17.8. The molecule has 6 nitrogen and oxygen atoms in total. The van der Waals surface area contributed by atoms with Gasteiger partial charge in [-0.15, -0.1) is 0 Å². The summed E-state index contributed by atoms with van der Waals surface area (Å²) in [7, 11) is 0. The number of rotatable bonds is 3. The van der Waals surface area contributed by atoms with E-state index in [1.165, 1.54) is 50.0 Å². The van der Waals surface area contributed by atoms with Gasteiger partial charge in [0.1, 0.15) is 0 Å². The molecule has 0 radical (unpaired) electrons. The first kappa shape index (κ1) is 21.8. The van der Waals surface area contributed by atoms with Crippen molar-refractivity contribution in [3.05, 3.63) is 0 Å². The van der Waals surface area contributed by atoms with Gasteiger partial charge in [0.15, 0.2) is 0 Å². The first-order valence-corrected chi connectivity index (χ1v) is 11.9. The fraction of sp³-hybridized carbons (Fsp3) is 0.826. The van der Waals surface area contributed by atoms with Gasteiger partial charge in [-0.2, -0.15) is 5.01 Å². The van der Waals surface area contributed by atoms with Crippen LogP contribution in [0.15, 0.2) is 0 Å². The molecule has 3 N–H and O–H groups in total. The Labute approximate surface area is 175 Å². The van der Waals surface area contributed by atoms with Gasteiger partial charge in [0.2, 0.25) is 0 Å². The predicted octanol–water partition coefficient (Wildman–Crippen LogP) is 4.81. The molecule has 3 fully saturated rings. The smallest absolute Gasteiger partial charge is 0.334 e. The molecule has 3 aliphatic carbocycles. The Balaban J connectivity index is 1.55. The lowest BCUT2D eigenvalue weighted by molar-refractivity contribution is 0.184. The van der Waals surface area contributed by atoms with Crippen LogP contribution in [0.1, 0.15) is 103 Å². The van der Waals surface area contributed by atoms with Crippen molar-refractivity contribution >= 4 is 12.1 Å². The average Bonchev–Trinajstić information content (AvgIpc) is 2.75. The van der Waals surface area contributed by atoms with Crippen LogP contribution >= 0.6 is 0 Å². The number of nitrogens with zero attached hydrogens (tertiary/aromatic N) is 1. The number of urea groups is 2. The van der Waals surface area contributed by atoms with Crippen LogP contribution in [0.4, 0.5) is 9.59 Å². The van der Waals surface area contributed by atoms with E-state index in [-0.39, 0.29) is 24.1 Å². The minimum atomic E-state index is -0.331. The number of hydrazine groups is 1. The highest BCUT2D eigenvalue weighted by Crippen LogP contribution is 2.25. The van der Waals surface area contributed by atoms with E-state index in [4.69, 9.17) is 0 Å². The molecule has 6 heteroatoms. The minimum Gasteiger partial charge on any atom is -0.334 e. The topological polar surface area (TPSA) is 73.5 Å². The second-order valence-corrected chi connectivity index (χ2v) is 9.04. The van der Waals surface area contributed by atoms with Gasteiger partial charge in [-0.3, -0.25) is 0 Å². The molecule has 0 spiro atoms. The molecule has 0 atom stereocenters. The molecule has 0 aromatic heterocycles. The largest absolute Gasteiger partial charge is 0.348 e. The SMILES string of the molecule is O=C(NC1CCCCC1)NN(C#CCC1CCCCC1)C(=O)NC1CCCCC1. The maximum Gasteiger partial charge on any atom is 0.348 e. The van der Waals surface area contributed by atoms with Gasteiger partial charge in [-0.25, -0.2) is 15.0 Å². The van der Waals surface area contributed by atoms with Gasteiger partial charge in [0.05, 0.1) is 0 Å². The van der Waals surface area contributed by atoms with Crippen molar-refractivity contribution in [1.82, 2.24) is 21.1 Å². The van der Waals surface area contributed by atoms with Crippen LogP contribution < -0.4 is 16.1 Å². The van der Waals surface area contributed by atoms with Crippen LogP contribution in [0, 0.1) is 17.9 Å². The summed E-state index contributed by atoms with van der Waals surface area (Å²) in [5.41, 5.74) is 2.69. The van der Waals surface area contributed by atoms with Gasteiger partial charge in [-0.1, -0.05) is 63.7 Å². The van der Waals surface area contributed by atoms with E-state index >= 15 is 0 Å². The van der Waals surface area contributed by atoms with Crippen LogP contribution in [0.25, 0.3) is 0 Å². The summed E-state index contributed by atoms with van der Waals surface area (Å²) in [4.78, 5) is 25.3. The Morgan fingerprint density at radius 2 is 1.24 bits per heavy atom. The van der Waals surface area contributed by atoms with E-state index in [1.54, 1.807) is 0 Å². The van der Waals surface area contributed by atoms with Crippen molar-refractivity contribution in [2.24, 2.45) is 5.92 Å². The van der Waals surface area contributed by atoms with Crippen molar-refractivity contribution in [2.75, 3.05) is 0 Å². The zero-order valence-corrected chi connectivity index (χ0v) is 17.8. The van der Waals surface area contributed by atoms with E-state index < -0.39 is 0 Å². The summed E-state index contributed by atoms with van der Waals surface area (Å²) in [5, 5.41) is 7.24. The highest BCUT2D eigenvalue weighted by atomic mass is 16.2. The van der Waals surface area contributed by atoms with Gasteiger partial charge < -0.3 is 10.6 Å². The number of carbonyl (C=O) groups is 2. The van der Waals surface area contributed by atoms with E-state index in [2.05, 4.69) is 28.0 Å². The lowest BCUT2D eigenvalue weighted by Gasteiger charge is -2.27. The number of nitrogens with one attached hydrogen (secondary N) is 3. The molecule has 3 aliphatic rings. The van der Waals surface area contributed by atoms with Crippen LogP contribution in [0.3, 0.4) is 0 Å². The fourth-order valence-electron chi connectivity index (χ4n) is 4.84. The fourth-order valence-corrected chi connectivity index (χ4v) is 4.84. The Morgan fingerprint density at radius 1 is 0.724 bits per heavy atom. The zero-order chi connectivity index (χ0) is 20.3. The summed E-state index contributed by atoms with van der Waals surface area (Å²) in [6, 6.07) is 2.66. The van der Waals surface area contributed by atoms with E-state index in [9.17, 15) is 9.59 Å². The van der Waals surface area contributed by atoms with Crippen molar-refractivity contribution in [2.45, 2.75) is 115 Å². The van der Waals surface area contributed by atoms with Crippen molar-refractivity contribution in [1.29, 1.82) is 0 Å². The molecule has 3 rings (SSSR count). The summed E-state index contributed by atoms with van der Waals surface area (Å²) < 4.78 is 0. The van der Waals surface area contributed by atoms with Crippen LogP contribution in [-0.2, 0) is 0 Å². The third-order valence-corrected chi connectivity index (χ3v) is 6.60. The first-order chi connectivity index (χ1) is 14.2.